The second-order valence-corrected chi connectivity index (χ2v) is 2.33. The SMILES string of the molecule is O=CCC=C=Cc1ccccc1. The number of hydrogen-bond acceptors (Lipinski definition) is 1. The van der Waals surface area contributed by atoms with Crippen molar-refractivity contribution in [1.82, 2.24) is 0 Å². The lowest BCUT2D eigenvalue weighted by molar-refractivity contribution is -0.107. The minimum Gasteiger partial charge on any atom is -0.303 e. The molecule has 0 aliphatic carbocycles. The van der Waals surface area contributed by atoms with Crippen LogP contribution < -0.4 is 0 Å². The maximum atomic E-state index is 9.93. The third-order valence-corrected chi connectivity index (χ3v) is 1.38. The molecule has 0 fully saturated rings. The molecule has 0 amide bonds. The van der Waals surface area contributed by atoms with Crippen LogP contribution in [0.3, 0.4) is 0 Å². The minimum atomic E-state index is 0.434. The van der Waals surface area contributed by atoms with Crippen LogP contribution in [0.5, 0.6) is 0 Å². The van der Waals surface area contributed by atoms with Gasteiger partial charge in [0, 0.05) is 6.42 Å². The topological polar surface area (TPSA) is 17.1 Å². The number of aldehydes is 1. The first-order valence-electron chi connectivity index (χ1n) is 3.83. The molecule has 0 unspecified atom stereocenters. The second-order valence-electron chi connectivity index (χ2n) is 2.33. The van der Waals surface area contributed by atoms with Gasteiger partial charge in [-0.1, -0.05) is 30.3 Å². The fourth-order valence-electron chi connectivity index (χ4n) is 0.821. The molecule has 0 heterocycles. The second kappa shape index (κ2) is 5.11. The number of allylic oxidation sites excluding steroid dienone is 1. The van der Waals surface area contributed by atoms with Gasteiger partial charge in [0.05, 0.1) is 0 Å². The van der Waals surface area contributed by atoms with Crippen LogP contribution in [-0.2, 0) is 4.79 Å². The normalized spacial score (nSPS) is 8.33. The van der Waals surface area contributed by atoms with Crippen molar-refractivity contribution < 1.29 is 4.79 Å². The van der Waals surface area contributed by atoms with E-state index in [4.69, 9.17) is 0 Å². The lowest BCUT2D eigenvalue weighted by Crippen LogP contribution is -1.66. The lowest BCUT2D eigenvalue weighted by Gasteiger charge is -1.85. The fourth-order valence-corrected chi connectivity index (χ4v) is 0.821. The summed E-state index contributed by atoms with van der Waals surface area (Å²) in [5.41, 5.74) is 4.02. The fraction of sp³-hybridized carbons (Fsp3) is 0.0909. The van der Waals surface area contributed by atoms with Crippen molar-refractivity contribution in [1.29, 1.82) is 0 Å². The zero-order chi connectivity index (χ0) is 8.65. The summed E-state index contributed by atoms with van der Waals surface area (Å²) in [6.45, 7) is 0. The molecular formula is C11H10O. The van der Waals surface area contributed by atoms with Crippen LogP contribution in [0.1, 0.15) is 12.0 Å². The summed E-state index contributed by atoms with van der Waals surface area (Å²) in [4.78, 5) is 9.93. The zero-order valence-corrected chi connectivity index (χ0v) is 6.73. The van der Waals surface area contributed by atoms with Crippen molar-refractivity contribution in [2.75, 3.05) is 0 Å². The highest BCUT2D eigenvalue weighted by Gasteiger charge is 1.78. The monoisotopic (exact) mass is 158 g/mol. The first kappa shape index (κ1) is 8.51. The van der Waals surface area contributed by atoms with Gasteiger partial charge in [-0.25, -0.2) is 0 Å². The molecule has 0 saturated heterocycles. The Balaban J connectivity index is 2.63. The standard InChI is InChI=1S/C11H10O/c12-10-6-2-5-9-11-7-3-1-4-8-11/h1-4,7-10H,6H2. The summed E-state index contributed by atoms with van der Waals surface area (Å²) >= 11 is 0. The summed E-state index contributed by atoms with van der Waals surface area (Å²) in [5, 5.41) is 0. The molecule has 0 aliphatic rings. The smallest absolute Gasteiger partial charge is 0.124 e. The van der Waals surface area contributed by atoms with E-state index in [1.165, 1.54) is 0 Å². The van der Waals surface area contributed by atoms with E-state index in [1.807, 2.05) is 36.4 Å². The van der Waals surface area contributed by atoms with Crippen LogP contribution in [0, 0.1) is 0 Å². The van der Waals surface area contributed by atoms with E-state index in [1.54, 1.807) is 6.08 Å². The quantitative estimate of drug-likeness (QED) is 0.487. The summed E-state index contributed by atoms with van der Waals surface area (Å²) in [6.07, 6.45) is 4.85. The highest BCUT2D eigenvalue weighted by Crippen LogP contribution is 1.99. The van der Waals surface area contributed by atoms with E-state index < -0.39 is 0 Å². The molecule has 0 bridgehead atoms. The van der Waals surface area contributed by atoms with Crippen LogP contribution in [0.15, 0.2) is 42.1 Å². The molecule has 0 aromatic heterocycles. The van der Waals surface area contributed by atoms with Crippen molar-refractivity contribution in [2.45, 2.75) is 6.42 Å². The van der Waals surface area contributed by atoms with Crippen LogP contribution in [0.4, 0.5) is 0 Å². The first-order valence-corrected chi connectivity index (χ1v) is 3.83. The number of carbonyl (C=O) groups is 1. The highest BCUT2D eigenvalue weighted by atomic mass is 16.1. The van der Waals surface area contributed by atoms with Crippen LogP contribution in [0.25, 0.3) is 6.08 Å². The van der Waals surface area contributed by atoms with Gasteiger partial charge in [0.2, 0.25) is 0 Å². The molecule has 0 aliphatic heterocycles. The van der Waals surface area contributed by atoms with Crippen molar-refractivity contribution in [3.63, 3.8) is 0 Å². The molecule has 12 heavy (non-hydrogen) atoms. The third-order valence-electron chi connectivity index (χ3n) is 1.38. The van der Waals surface area contributed by atoms with Gasteiger partial charge in [-0.2, -0.15) is 0 Å². The summed E-state index contributed by atoms with van der Waals surface area (Å²) in [6, 6.07) is 9.87. The van der Waals surface area contributed by atoms with E-state index in [2.05, 4.69) is 5.73 Å². The Morgan fingerprint density at radius 2 is 2.00 bits per heavy atom. The molecule has 60 valence electrons. The van der Waals surface area contributed by atoms with Crippen LogP contribution >= 0.6 is 0 Å². The summed E-state index contributed by atoms with van der Waals surface area (Å²) in [5.74, 6) is 0. The highest BCUT2D eigenvalue weighted by molar-refractivity contribution is 5.53. The number of hydrogen-bond donors (Lipinski definition) is 0. The van der Waals surface area contributed by atoms with Gasteiger partial charge < -0.3 is 4.79 Å². The van der Waals surface area contributed by atoms with Gasteiger partial charge in [-0.3, -0.25) is 0 Å². The largest absolute Gasteiger partial charge is 0.303 e. The Kier molecular flexibility index (Phi) is 3.62. The van der Waals surface area contributed by atoms with E-state index >= 15 is 0 Å². The van der Waals surface area contributed by atoms with E-state index in [0.717, 1.165) is 11.8 Å². The van der Waals surface area contributed by atoms with Gasteiger partial charge >= 0.3 is 0 Å². The summed E-state index contributed by atoms with van der Waals surface area (Å²) < 4.78 is 0. The Bertz CT molecular complexity index is 292. The van der Waals surface area contributed by atoms with Crippen LogP contribution in [-0.4, -0.2) is 6.29 Å². The van der Waals surface area contributed by atoms with Crippen molar-refractivity contribution in [2.24, 2.45) is 0 Å². The van der Waals surface area contributed by atoms with E-state index in [9.17, 15) is 4.79 Å². The molecule has 1 nitrogen and oxygen atoms in total. The Hall–Kier alpha value is -1.59. The van der Waals surface area contributed by atoms with Crippen molar-refractivity contribution in [3.05, 3.63) is 47.7 Å². The van der Waals surface area contributed by atoms with Gasteiger partial charge in [-0.05, 0) is 17.7 Å². The molecule has 0 saturated carbocycles. The Morgan fingerprint density at radius 3 is 2.67 bits per heavy atom. The van der Waals surface area contributed by atoms with Gasteiger partial charge in [0.15, 0.2) is 0 Å². The third kappa shape index (κ3) is 3.00. The van der Waals surface area contributed by atoms with Crippen LogP contribution in [0.2, 0.25) is 0 Å². The van der Waals surface area contributed by atoms with Gasteiger partial charge in [0.25, 0.3) is 0 Å². The summed E-state index contributed by atoms with van der Waals surface area (Å²) in [7, 11) is 0. The average Bonchev–Trinajstić information content (AvgIpc) is 2.14. The lowest BCUT2D eigenvalue weighted by atomic mass is 10.2. The molecule has 1 rings (SSSR count). The minimum absolute atomic E-state index is 0.434. The molecule has 0 radical (unpaired) electrons. The molecule has 1 heteroatoms. The Labute approximate surface area is 72.0 Å². The molecule has 0 spiro atoms. The number of carbonyl (C=O) groups excluding carboxylic acids is 1. The maximum absolute atomic E-state index is 9.93. The molecular weight excluding hydrogens is 148 g/mol. The predicted molar refractivity (Wildman–Crippen MR) is 49.7 cm³/mol. The van der Waals surface area contributed by atoms with Crippen molar-refractivity contribution >= 4 is 12.4 Å². The first-order chi connectivity index (χ1) is 5.93. The molecule has 0 N–H and O–H groups in total. The number of benzene rings is 1. The predicted octanol–water partition coefficient (Wildman–Crippen LogP) is 2.44. The number of rotatable bonds is 3. The maximum Gasteiger partial charge on any atom is 0.124 e. The average molecular weight is 158 g/mol. The van der Waals surface area contributed by atoms with Gasteiger partial charge in [0.1, 0.15) is 6.29 Å². The van der Waals surface area contributed by atoms with Gasteiger partial charge in [-0.15, -0.1) is 5.73 Å². The van der Waals surface area contributed by atoms with Crippen molar-refractivity contribution in [3.8, 4) is 0 Å². The Morgan fingerprint density at radius 1 is 1.25 bits per heavy atom. The molecule has 1 aromatic carbocycles. The zero-order valence-electron chi connectivity index (χ0n) is 6.73. The molecule has 1 aromatic rings. The van der Waals surface area contributed by atoms with E-state index in [0.29, 0.717) is 6.42 Å². The molecule has 0 atom stereocenters. The van der Waals surface area contributed by atoms with E-state index in [-0.39, 0.29) is 0 Å².